The Balaban J connectivity index is 1.90. The molecule has 1 aromatic heterocycles. The molecule has 152 valence electrons. The number of nitrogens with zero attached hydrogens (tertiary/aromatic N) is 3. The number of aliphatic hydroxyl groups excluding tert-OH is 1. The van der Waals surface area contributed by atoms with E-state index < -0.39 is 17.7 Å². The summed E-state index contributed by atoms with van der Waals surface area (Å²) in [6, 6.07) is 15.7. The van der Waals surface area contributed by atoms with Crippen LogP contribution in [-0.2, 0) is 15.0 Å². The number of aliphatic hydroxyl groups is 1. The van der Waals surface area contributed by atoms with Gasteiger partial charge in [0, 0.05) is 5.56 Å². The number of benzene rings is 2. The lowest BCUT2D eigenvalue weighted by Crippen LogP contribution is -2.29. The maximum atomic E-state index is 13.0. The number of amides is 1. The Bertz CT molecular complexity index is 1110. The molecule has 1 atom stereocenters. The molecule has 0 unspecified atom stereocenters. The Morgan fingerprint density at radius 3 is 2.27 bits per heavy atom. The zero-order chi connectivity index (χ0) is 21.5. The Kier molecular flexibility index (Phi) is 4.99. The van der Waals surface area contributed by atoms with Crippen molar-refractivity contribution in [3.63, 3.8) is 0 Å². The summed E-state index contributed by atoms with van der Waals surface area (Å²) in [6.07, 6.45) is 0. The monoisotopic (exact) mass is 419 g/mol. The van der Waals surface area contributed by atoms with Crippen LogP contribution in [0.25, 0.3) is 5.76 Å². The van der Waals surface area contributed by atoms with Crippen LogP contribution in [0.4, 0.5) is 5.13 Å². The highest BCUT2D eigenvalue weighted by atomic mass is 32.1. The lowest BCUT2D eigenvalue weighted by Gasteiger charge is -2.24. The van der Waals surface area contributed by atoms with Crippen LogP contribution in [0.3, 0.4) is 0 Å². The quantitative estimate of drug-likeness (QED) is 0.385. The van der Waals surface area contributed by atoms with Crippen molar-refractivity contribution in [2.24, 2.45) is 0 Å². The third kappa shape index (κ3) is 3.41. The summed E-state index contributed by atoms with van der Waals surface area (Å²) in [6.45, 7) is 6.35. The lowest BCUT2D eigenvalue weighted by atomic mass is 9.85. The van der Waals surface area contributed by atoms with Crippen molar-refractivity contribution >= 4 is 33.9 Å². The molecule has 1 amide bonds. The van der Waals surface area contributed by atoms with Crippen molar-refractivity contribution in [1.29, 1.82) is 0 Å². The molecule has 1 fully saturated rings. The molecule has 0 radical (unpaired) electrons. The summed E-state index contributed by atoms with van der Waals surface area (Å²) in [7, 11) is 0. The number of rotatable bonds is 3. The number of ketones is 1. The van der Waals surface area contributed by atoms with E-state index in [2.05, 4.69) is 31.0 Å². The number of hydrogen-bond donors (Lipinski definition) is 1. The molecule has 0 spiro atoms. The van der Waals surface area contributed by atoms with E-state index in [1.807, 2.05) is 30.3 Å². The van der Waals surface area contributed by atoms with Crippen LogP contribution >= 0.6 is 11.3 Å². The second kappa shape index (κ2) is 7.50. The second-order valence-electron chi connectivity index (χ2n) is 8.13. The molecule has 2 heterocycles. The predicted molar refractivity (Wildman–Crippen MR) is 116 cm³/mol. The number of anilines is 1. The van der Waals surface area contributed by atoms with Gasteiger partial charge in [-0.2, -0.15) is 0 Å². The van der Waals surface area contributed by atoms with Gasteiger partial charge in [0.15, 0.2) is 0 Å². The molecular weight excluding hydrogens is 398 g/mol. The van der Waals surface area contributed by atoms with Crippen molar-refractivity contribution in [1.82, 2.24) is 10.2 Å². The van der Waals surface area contributed by atoms with Crippen LogP contribution in [0, 0.1) is 0 Å². The molecule has 3 aromatic rings. The fourth-order valence-corrected chi connectivity index (χ4v) is 4.12. The van der Waals surface area contributed by atoms with E-state index in [0.29, 0.717) is 10.7 Å². The smallest absolute Gasteiger partial charge is 0.301 e. The molecule has 1 aliphatic heterocycles. The molecule has 2 aromatic carbocycles. The van der Waals surface area contributed by atoms with Crippen LogP contribution in [0.5, 0.6) is 0 Å². The van der Waals surface area contributed by atoms with Gasteiger partial charge in [-0.25, -0.2) is 0 Å². The van der Waals surface area contributed by atoms with Crippen molar-refractivity contribution in [3.8, 4) is 0 Å². The average molecular weight is 420 g/mol. The Morgan fingerprint density at radius 1 is 1.03 bits per heavy atom. The number of carbonyl (C=O) groups is 2. The highest BCUT2D eigenvalue weighted by molar-refractivity contribution is 7.13. The number of aromatic nitrogens is 2. The highest BCUT2D eigenvalue weighted by Crippen LogP contribution is 2.42. The predicted octanol–water partition coefficient (Wildman–Crippen LogP) is 4.46. The average Bonchev–Trinajstić information content (AvgIpc) is 3.35. The van der Waals surface area contributed by atoms with Crippen LogP contribution < -0.4 is 4.90 Å². The summed E-state index contributed by atoms with van der Waals surface area (Å²) in [5.41, 5.74) is 3.83. The summed E-state index contributed by atoms with van der Waals surface area (Å²) < 4.78 is 0. The molecule has 1 aliphatic rings. The number of carbonyl (C=O) groups excluding carboxylic acids is 2. The summed E-state index contributed by atoms with van der Waals surface area (Å²) in [5.74, 6) is -1.67. The zero-order valence-corrected chi connectivity index (χ0v) is 17.7. The second-order valence-corrected chi connectivity index (χ2v) is 8.94. The zero-order valence-electron chi connectivity index (χ0n) is 16.9. The minimum Gasteiger partial charge on any atom is -0.507 e. The third-order valence-corrected chi connectivity index (χ3v) is 5.83. The van der Waals surface area contributed by atoms with Crippen molar-refractivity contribution in [2.45, 2.75) is 32.2 Å². The van der Waals surface area contributed by atoms with E-state index >= 15 is 0 Å². The van der Waals surface area contributed by atoms with Crippen LogP contribution in [0.2, 0.25) is 0 Å². The maximum absolute atomic E-state index is 13.0. The van der Waals surface area contributed by atoms with Gasteiger partial charge in [0.25, 0.3) is 5.78 Å². The summed E-state index contributed by atoms with van der Waals surface area (Å²) >= 11 is 1.17. The fourth-order valence-electron chi connectivity index (χ4n) is 3.53. The summed E-state index contributed by atoms with van der Waals surface area (Å²) in [4.78, 5) is 27.2. The number of Topliss-reactive ketones (excluding diaryl/α,β-unsaturated/α-hetero) is 1. The molecular formula is C23H21N3O3S. The first kappa shape index (κ1) is 20.0. The van der Waals surface area contributed by atoms with E-state index in [-0.39, 0.29) is 16.7 Å². The third-order valence-electron chi connectivity index (χ3n) is 5.14. The highest BCUT2D eigenvalue weighted by Gasteiger charge is 2.48. The SMILES string of the molecule is CC(C)(C)c1ccc([C@@H]2/C(=C(\O)c3ccccc3)C(=O)C(=O)N2c2nncs2)cc1. The van der Waals surface area contributed by atoms with Crippen molar-refractivity contribution < 1.29 is 14.7 Å². The van der Waals surface area contributed by atoms with E-state index in [4.69, 9.17) is 0 Å². The molecule has 0 bridgehead atoms. The van der Waals surface area contributed by atoms with Gasteiger partial charge in [-0.1, -0.05) is 86.7 Å². The minimum absolute atomic E-state index is 0.0381. The number of hydrogen-bond acceptors (Lipinski definition) is 6. The van der Waals surface area contributed by atoms with Crippen LogP contribution in [-0.4, -0.2) is 27.0 Å². The first-order chi connectivity index (χ1) is 14.3. The standard InChI is InChI=1S/C23H21N3O3S/c1-23(2,3)16-11-9-14(10-12-16)18-17(19(27)15-7-5-4-6-8-15)20(28)21(29)26(18)22-25-24-13-30-22/h4-13,18,27H,1-3H3/b19-17+/t18-/m1/s1. The Morgan fingerprint density at radius 2 is 1.70 bits per heavy atom. The van der Waals surface area contributed by atoms with Gasteiger partial charge in [-0.15, -0.1) is 10.2 Å². The van der Waals surface area contributed by atoms with Gasteiger partial charge >= 0.3 is 5.91 Å². The van der Waals surface area contributed by atoms with Gasteiger partial charge in [-0.05, 0) is 16.5 Å². The molecule has 7 heteroatoms. The van der Waals surface area contributed by atoms with Gasteiger partial charge in [0.05, 0.1) is 11.6 Å². The van der Waals surface area contributed by atoms with Gasteiger partial charge in [0.1, 0.15) is 11.3 Å². The Hall–Kier alpha value is -3.32. The largest absolute Gasteiger partial charge is 0.507 e. The molecule has 1 saturated heterocycles. The van der Waals surface area contributed by atoms with E-state index in [9.17, 15) is 14.7 Å². The molecule has 6 nitrogen and oxygen atoms in total. The van der Waals surface area contributed by atoms with Gasteiger partial charge in [-0.3, -0.25) is 14.5 Å². The molecule has 30 heavy (non-hydrogen) atoms. The van der Waals surface area contributed by atoms with E-state index in [1.54, 1.807) is 24.3 Å². The van der Waals surface area contributed by atoms with Crippen molar-refractivity contribution in [3.05, 3.63) is 82.4 Å². The van der Waals surface area contributed by atoms with E-state index in [0.717, 1.165) is 11.1 Å². The molecule has 0 aliphatic carbocycles. The fraction of sp³-hybridized carbons (Fsp3) is 0.217. The first-order valence-electron chi connectivity index (χ1n) is 9.52. The molecule has 4 rings (SSSR count). The van der Waals surface area contributed by atoms with Gasteiger partial charge < -0.3 is 5.11 Å². The van der Waals surface area contributed by atoms with Crippen molar-refractivity contribution in [2.75, 3.05) is 4.90 Å². The summed E-state index contributed by atoms with van der Waals surface area (Å²) in [5, 5.41) is 19.1. The Labute approximate surface area is 178 Å². The lowest BCUT2D eigenvalue weighted by molar-refractivity contribution is -0.132. The minimum atomic E-state index is -0.785. The maximum Gasteiger partial charge on any atom is 0.301 e. The first-order valence-corrected chi connectivity index (χ1v) is 10.4. The molecule has 0 saturated carbocycles. The van der Waals surface area contributed by atoms with Crippen LogP contribution in [0.15, 0.2) is 65.7 Å². The van der Waals surface area contributed by atoms with Gasteiger partial charge in [0.2, 0.25) is 5.13 Å². The molecule has 1 N–H and O–H groups in total. The topological polar surface area (TPSA) is 83.4 Å². The van der Waals surface area contributed by atoms with E-state index in [1.165, 1.54) is 21.7 Å². The normalized spacial score (nSPS) is 18.8. The van der Waals surface area contributed by atoms with Crippen LogP contribution in [0.1, 0.15) is 43.5 Å².